The minimum Gasteiger partial charge on any atom is -0.315 e. The second-order valence-electron chi connectivity index (χ2n) is 4.04. The van der Waals surface area contributed by atoms with Crippen LogP contribution in [0.25, 0.3) is 10.7 Å². The molecular formula is C12H18N4S. The van der Waals surface area contributed by atoms with Gasteiger partial charge in [-0.25, -0.2) is 4.98 Å². The van der Waals surface area contributed by atoms with Gasteiger partial charge in [0.2, 0.25) is 0 Å². The summed E-state index contributed by atoms with van der Waals surface area (Å²) < 4.78 is 1.81. The predicted octanol–water partition coefficient (Wildman–Crippen LogP) is 2.22. The number of thiazole rings is 1. The summed E-state index contributed by atoms with van der Waals surface area (Å²) in [6.45, 7) is 3.07. The highest BCUT2D eigenvalue weighted by Crippen LogP contribution is 2.27. The summed E-state index contributed by atoms with van der Waals surface area (Å²) in [5.41, 5.74) is 2.18. The molecule has 0 aromatic carbocycles. The Labute approximate surface area is 106 Å². The third-order valence-electron chi connectivity index (χ3n) is 2.54. The van der Waals surface area contributed by atoms with E-state index >= 15 is 0 Å². The SMILES string of the molecule is CCCc1nc(-c2ccn(C)n2)sc1CNC. The monoisotopic (exact) mass is 250 g/mol. The molecule has 92 valence electrons. The van der Waals surface area contributed by atoms with Crippen molar-refractivity contribution in [3.8, 4) is 10.7 Å². The molecule has 0 amide bonds. The molecule has 0 aliphatic rings. The zero-order chi connectivity index (χ0) is 12.3. The van der Waals surface area contributed by atoms with E-state index in [1.54, 1.807) is 11.3 Å². The van der Waals surface area contributed by atoms with Crippen LogP contribution < -0.4 is 5.32 Å². The Balaban J connectivity index is 2.32. The van der Waals surface area contributed by atoms with E-state index in [0.717, 1.165) is 30.1 Å². The van der Waals surface area contributed by atoms with E-state index in [4.69, 9.17) is 4.98 Å². The van der Waals surface area contributed by atoms with Crippen LogP contribution in [0.1, 0.15) is 23.9 Å². The molecule has 2 heterocycles. The van der Waals surface area contributed by atoms with Crippen molar-refractivity contribution in [2.45, 2.75) is 26.3 Å². The molecule has 2 aromatic rings. The van der Waals surface area contributed by atoms with Gasteiger partial charge in [-0.05, 0) is 19.5 Å². The summed E-state index contributed by atoms with van der Waals surface area (Å²) >= 11 is 1.74. The molecule has 0 radical (unpaired) electrons. The van der Waals surface area contributed by atoms with E-state index in [2.05, 4.69) is 17.3 Å². The van der Waals surface area contributed by atoms with Gasteiger partial charge in [0.25, 0.3) is 0 Å². The third-order valence-corrected chi connectivity index (χ3v) is 3.66. The maximum absolute atomic E-state index is 4.70. The minimum absolute atomic E-state index is 0.889. The van der Waals surface area contributed by atoms with Gasteiger partial charge in [-0.15, -0.1) is 11.3 Å². The highest BCUT2D eigenvalue weighted by Gasteiger charge is 2.12. The molecule has 0 spiro atoms. The van der Waals surface area contributed by atoms with Crippen molar-refractivity contribution in [1.82, 2.24) is 20.1 Å². The molecule has 5 heteroatoms. The number of nitrogens with zero attached hydrogens (tertiary/aromatic N) is 3. The fourth-order valence-electron chi connectivity index (χ4n) is 1.75. The zero-order valence-electron chi connectivity index (χ0n) is 10.5. The molecule has 0 saturated heterocycles. The molecule has 2 aromatic heterocycles. The average molecular weight is 250 g/mol. The molecule has 17 heavy (non-hydrogen) atoms. The Morgan fingerprint density at radius 2 is 2.29 bits per heavy atom. The first-order valence-corrected chi connectivity index (χ1v) is 6.69. The van der Waals surface area contributed by atoms with E-state index < -0.39 is 0 Å². The van der Waals surface area contributed by atoms with Crippen molar-refractivity contribution in [2.24, 2.45) is 7.05 Å². The summed E-state index contributed by atoms with van der Waals surface area (Å²) in [6.07, 6.45) is 4.12. The van der Waals surface area contributed by atoms with Crippen molar-refractivity contribution in [1.29, 1.82) is 0 Å². The number of hydrogen-bond acceptors (Lipinski definition) is 4. The zero-order valence-corrected chi connectivity index (χ0v) is 11.3. The first-order chi connectivity index (χ1) is 8.24. The third kappa shape index (κ3) is 2.73. The van der Waals surface area contributed by atoms with Gasteiger partial charge in [0, 0.05) is 24.7 Å². The van der Waals surface area contributed by atoms with Gasteiger partial charge in [-0.2, -0.15) is 5.10 Å². The highest BCUT2D eigenvalue weighted by atomic mass is 32.1. The molecule has 0 aliphatic heterocycles. The van der Waals surface area contributed by atoms with Crippen LogP contribution >= 0.6 is 11.3 Å². The Morgan fingerprint density at radius 3 is 2.88 bits per heavy atom. The maximum Gasteiger partial charge on any atom is 0.144 e. The Kier molecular flexibility index (Phi) is 3.91. The van der Waals surface area contributed by atoms with E-state index in [-0.39, 0.29) is 0 Å². The molecule has 4 nitrogen and oxygen atoms in total. The second-order valence-corrected chi connectivity index (χ2v) is 5.13. The lowest BCUT2D eigenvalue weighted by Gasteiger charge is -1.98. The van der Waals surface area contributed by atoms with Crippen LogP contribution in [0.3, 0.4) is 0 Å². The van der Waals surface area contributed by atoms with Gasteiger partial charge in [-0.3, -0.25) is 4.68 Å². The van der Waals surface area contributed by atoms with Crippen molar-refractivity contribution >= 4 is 11.3 Å². The first-order valence-electron chi connectivity index (χ1n) is 5.87. The van der Waals surface area contributed by atoms with Gasteiger partial charge in [0.05, 0.1) is 5.69 Å². The lowest BCUT2D eigenvalue weighted by Crippen LogP contribution is -2.05. The lowest BCUT2D eigenvalue weighted by atomic mass is 10.2. The Morgan fingerprint density at radius 1 is 1.47 bits per heavy atom. The minimum atomic E-state index is 0.889. The normalized spacial score (nSPS) is 11.0. The highest BCUT2D eigenvalue weighted by molar-refractivity contribution is 7.15. The predicted molar refractivity (Wildman–Crippen MR) is 71.1 cm³/mol. The largest absolute Gasteiger partial charge is 0.315 e. The molecule has 0 saturated carbocycles. The van der Waals surface area contributed by atoms with Crippen molar-refractivity contribution in [3.63, 3.8) is 0 Å². The second kappa shape index (κ2) is 5.42. The number of aryl methyl sites for hydroxylation is 2. The number of hydrogen-bond donors (Lipinski definition) is 1. The maximum atomic E-state index is 4.70. The topological polar surface area (TPSA) is 42.7 Å². The van der Waals surface area contributed by atoms with Crippen LogP contribution in [0.4, 0.5) is 0 Å². The van der Waals surface area contributed by atoms with E-state index in [0.29, 0.717) is 0 Å². The molecular weight excluding hydrogens is 232 g/mol. The van der Waals surface area contributed by atoms with Gasteiger partial charge in [0.15, 0.2) is 0 Å². The van der Waals surface area contributed by atoms with E-state index in [1.165, 1.54) is 10.6 Å². The van der Waals surface area contributed by atoms with Crippen LogP contribution in [0.5, 0.6) is 0 Å². The van der Waals surface area contributed by atoms with E-state index in [9.17, 15) is 0 Å². The first kappa shape index (κ1) is 12.3. The fraction of sp³-hybridized carbons (Fsp3) is 0.500. The Bertz CT molecular complexity index is 463. The molecule has 1 N–H and O–H groups in total. The molecule has 0 unspecified atom stereocenters. The van der Waals surface area contributed by atoms with E-state index in [1.807, 2.05) is 31.0 Å². The molecule has 0 fully saturated rings. The smallest absolute Gasteiger partial charge is 0.144 e. The van der Waals surface area contributed by atoms with Gasteiger partial charge < -0.3 is 5.32 Å². The summed E-state index contributed by atoms with van der Waals surface area (Å²) in [5, 5.41) is 8.62. The summed E-state index contributed by atoms with van der Waals surface area (Å²) in [4.78, 5) is 6.03. The number of rotatable bonds is 5. The standard InChI is InChI=1S/C12H18N4S/c1-4-5-9-11(8-13-2)17-12(14-9)10-6-7-16(3)15-10/h6-7,13H,4-5,8H2,1-3H3. The van der Waals surface area contributed by atoms with Crippen LogP contribution in [0.15, 0.2) is 12.3 Å². The van der Waals surface area contributed by atoms with Crippen LogP contribution in [0.2, 0.25) is 0 Å². The van der Waals surface area contributed by atoms with Crippen molar-refractivity contribution in [2.75, 3.05) is 7.05 Å². The number of nitrogens with one attached hydrogen (secondary N) is 1. The van der Waals surface area contributed by atoms with Crippen LogP contribution in [0, 0.1) is 0 Å². The molecule has 0 atom stereocenters. The number of aromatic nitrogens is 3. The van der Waals surface area contributed by atoms with Gasteiger partial charge in [0.1, 0.15) is 10.7 Å². The van der Waals surface area contributed by atoms with Crippen molar-refractivity contribution < 1.29 is 0 Å². The van der Waals surface area contributed by atoms with Crippen molar-refractivity contribution in [3.05, 3.63) is 22.8 Å². The van der Waals surface area contributed by atoms with Crippen LogP contribution in [-0.4, -0.2) is 21.8 Å². The lowest BCUT2D eigenvalue weighted by molar-refractivity contribution is 0.770. The molecule has 2 rings (SSSR count). The quantitative estimate of drug-likeness (QED) is 0.884. The summed E-state index contributed by atoms with van der Waals surface area (Å²) in [7, 11) is 3.90. The molecule has 0 bridgehead atoms. The fourth-order valence-corrected chi connectivity index (χ4v) is 2.84. The van der Waals surface area contributed by atoms with Gasteiger partial charge in [-0.1, -0.05) is 13.3 Å². The van der Waals surface area contributed by atoms with Gasteiger partial charge >= 0.3 is 0 Å². The summed E-state index contributed by atoms with van der Waals surface area (Å²) in [6, 6.07) is 2.01. The Hall–Kier alpha value is -1.20. The van der Waals surface area contributed by atoms with Crippen LogP contribution in [-0.2, 0) is 20.0 Å². The average Bonchev–Trinajstić information content (AvgIpc) is 2.87. The summed E-state index contributed by atoms with van der Waals surface area (Å²) in [5.74, 6) is 0. The molecule has 0 aliphatic carbocycles.